The van der Waals surface area contributed by atoms with Crippen LogP contribution in [0.4, 0.5) is 0 Å². The third-order valence-electron chi connectivity index (χ3n) is 3.93. The lowest BCUT2D eigenvalue weighted by molar-refractivity contribution is 0.0370. The number of furan rings is 1. The standard InChI is InChI=1S/C14H19N3O3/c1-10-4-2-5-11(9-18)17(10)8-13-15-14(16-20-13)12-6-3-7-19-12/h3,6-7,10-11,18H,2,4-5,8-9H2,1H3/t10-,11-/m1/s1. The minimum atomic E-state index is 0.170. The molecule has 0 bridgehead atoms. The molecule has 1 aliphatic rings. The fraction of sp³-hybridized carbons (Fsp3) is 0.571. The Labute approximate surface area is 117 Å². The van der Waals surface area contributed by atoms with Gasteiger partial charge in [0.15, 0.2) is 5.76 Å². The topological polar surface area (TPSA) is 75.5 Å². The van der Waals surface area contributed by atoms with Gasteiger partial charge in [-0.15, -0.1) is 0 Å². The Morgan fingerprint density at radius 3 is 3.10 bits per heavy atom. The molecule has 2 atom stereocenters. The molecular formula is C14H19N3O3. The van der Waals surface area contributed by atoms with Gasteiger partial charge in [0.25, 0.3) is 0 Å². The number of aliphatic hydroxyl groups is 1. The van der Waals surface area contributed by atoms with E-state index < -0.39 is 0 Å². The average molecular weight is 277 g/mol. The zero-order chi connectivity index (χ0) is 13.9. The molecule has 1 N–H and O–H groups in total. The lowest BCUT2D eigenvalue weighted by Crippen LogP contribution is -2.46. The van der Waals surface area contributed by atoms with E-state index in [1.165, 1.54) is 0 Å². The highest BCUT2D eigenvalue weighted by atomic mass is 16.5. The molecule has 0 unspecified atom stereocenters. The molecule has 1 aliphatic heterocycles. The second-order valence-electron chi connectivity index (χ2n) is 5.28. The smallest absolute Gasteiger partial charge is 0.241 e. The quantitative estimate of drug-likeness (QED) is 0.922. The summed E-state index contributed by atoms with van der Waals surface area (Å²) in [5.74, 6) is 1.63. The predicted octanol–water partition coefficient (Wildman–Crippen LogP) is 2.06. The van der Waals surface area contributed by atoms with E-state index in [0.717, 1.165) is 19.3 Å². The monoisotopic (exact) mass is 277 g/mol. The first-order valence-electron chi connectivity index (χ1n) is 7.01. The van der Waals surface area contributed by atoms with Gasteiger partial charge in [0.05, 0.1) is 19.4 Å². The Balaban J connectivity index is 1.73. The Kier molecular flexibility index (Phi) is 3.84. The number of aliphatic hydroxyl groups excluding tert-OH is 1. The summed E-state index contributed by atoms with van der Waals surface area (Å²) >= 11 is 0. The molecular weight excluding hydrogens is 258 g/mol. The number of hydrogen-bond acceptors (Lipinski definition) is 6. The maximum absolute atomic E-state index is 9.49. The second-order valence-corrected chi connectivity index (χ2v) is 5.28. The maximum Gasteiger partial charge on any atom is 0.241 e. The van der Waals surface area contributed by atoms with Crippen molar-refractivity contribution in [2.75, 3.05) is 6.61 Å². The summed E-state index contributed by atoms with van der Waals surface area (Å²) in [6, 6.07) is 4.19. The van der Waals surface area contributed by atoms with Gasteiger partial charge in [-0.1, -0.05) is 11.6 Å². The summed E-state index contributed by atoms with van der Waals surface area (Å²) < 4.78 is 10.5. The van der Waals surface area contributed by atoms with Crippen LogP contribution in [-0.4, -0.2) is 38.8 Å². The molecule has 2 aromatic rings. The van der Waals surface area contributed by atoms with Crippen molar-refractivity contribution in [1.82, 2.24) is 15.0 Å². The molecule has 108 valence electrons. The molecule has 0 saturated carbocycles. The van der Waals surface area contributed by atoms with Gasteiger partial charge in [0.2, 0.25) is 11.7 Å². The van der Waals surface area contributed by atoms with E-state index in [4.69, 9.17) is 8.94 Å². The Hall–Kier alpha value is -1.66. The van der Waals surface area contributed by atoms with E-state index in [-0.39, 0.29) is 12.6 Å². The summed E-state index contributed by atoms with van der Waals surface area (Å²) in [6.45, 7) is 2.91. The van der Waals surface area contributed by atoms with Crippen LogP contribution in [-0.2, 0) is 6.54 Å². The first-order chi connectivity index (χ1) is 9.78. The van der Waals surface area contributed by atoms with E-state index in [0.29, 0.717) is 30.1 Å². The molecule has 3 rings (SSSR count). The molecule has 1 saturated heterocycles. The molecule has 0 amide bonds. The highest BCUT2D eigenvalue weighted by Crippen LogP contribution is 2.25. The van der Waals surface area contributed by atoms with Crippen LogP contribution >= 0.6 is 0 Å². The van der Waals surface area contributed by atoms with Crippen LogP contribution in [0.25, 0.3) is 11.6 Å². The van der Waals surface area contributed by atoms with Crippen LogP contribution in [0.3, 0.4) is 0 Å². The molecule has 1 fully saturated rings. The summed E-state index contributed by atoms with van der Waals surface area (Å²) in [6.07, 6.45) is 4.89. The zero-order valence-electron chi connectivity index (χ0n) is 11.5. The van der Waals surface area contributed by atoms with E-state index in [9.17, 15) is 5.11 Å². The molecule has 6 nitrogen and oxygen atoms in total. The summed E-state index contributed by atoms with van der Waals surface area (Å²) in [5, 5.41) is 13.4. The molecule has 6 heteroatoms. The van der Waals surface area contributed by atoms with Crippen LogP contribution in [0.15, 0.2) is 27.3 Å². The maximum atomic E-state index is 9.49. The Bertz CT molecular complexity index is 538. The van der Waals surface area contributed by atoms with Crippen LogP contribution < -0.4 is 0 Å². The molecule has 0 spiro atoms. The Morgan fingerprint density at radius 1 is 1.45 bits per heavy atom. The number of nitrogens with zero attached hydrogens (tertiary/aromatic N) is 3. The van der Waals surface area contributed by atoms with E-state index in [1.807, 2.05) is 0 Å². The first kappa shape index (κ1) is 13.3. The number of rotatable bonds is 4. The lowest BCUT2D eigenvalue weighted by Gasteiger charge is -2.38. The number of piperidine rings is 1. The van der Waals surface area contributed by atoms with Crippen molar-refractivity contribution < 1.29 is 14.0 Å². The van der Waals surface area contributed by atoms with Gasteiger partial charge in [-0.3, -0.25) is 4.90 Å². The van der Waals surface area contributed by atoms with Crippen molar-refractivity contribution in [3.8, 4) is 11.6 Å². The van der Waals surface area contributed by atoms with E-state index in [1.54, 1.807) is 18.4 Å². The van der Waals surface area contributed by atoms with Gasteiger partial charge >= 0.3 is 0 Å². The third-order valence-corrected chi connectivity index (χ3v) is 3.93. The van der Waals surface area contributed by atoms with Crippen molar-refractivity contribution in [2.45, 2.75) is 44.8 Å². The predicted molar refractivity (Wildman–Crippen MR) is 71.7 cm³/mol. The van der Waals surface area contributed by atoms with E-state index in [2.05, 4.69) is 22.0 Å². The second kappa shape index (κ2) is 5.76. The average Bonchev–Trinajstić information content (AvgIpc) is 3.11. The highest BCUT2D eigenvalue weighted by molar-refractivity contribution is 5.44. The zero-order valence-corrected chi connectivity index (χ0v) is 11.5. The van der Waals surface area contributed by atoms with Crippen LogP contribution in [0, 0.1) is 0 Å². The third kappa shape index (κ3) is 2.62. The molecule has 0 aliphatic carbocycles. The molecule has 0 aromatic carbocycles. The number of aromatic nitrogens is 2. The van der Waals surface area contributed by atoms with Crippen molar-refractivity contribution in [2.24, 2.45) is 0 Å². The molecule has 3 heterocycles. The highest BCUT2D eigenvalue weighted by Gasteiger charge is 2.29. The van der Waals surface area contributed by atoms with E-state index >= 15 is 0 Å². The normalized spacial score (nSPS) is 24.1. The summed E-state index contributed by atoms with van der Waals surface area (Å²) in [7, 11) is 0. The van der Waals surface area contributed by atoms with Gasteiger partial charge in [0, 0.05) is 12.1 Å². The van der Waals surface area contributed by atoms with Crippen LogP contribution in [0.5, 0.6) is 0 Å². The number of likely N-dealkylation sites (tertiary alicyclic amines) is 1. The van der Waals surface area contributed by atoms with Crippen LogP contribution in [0.2, 0.25) is 0 Å². The van der Waals surface area contributed by atoms with Gasteiger partial charge in [-0.25, -0.2) is 0 Å². The fourth-order valence-corrected chi connectivity index (χ4v) is 2.80. The molecule has 2 aromatic heterocycles. The molecule has 20 heavy (non-hydrogen) atoms. The van der Waals surface area contributed by atoms with Gasteiger partial charge in [-0.05, 0) is 31.9 Å². The van der Waals surface area contributed by atoms with Gasteiger partial charge in [-0.2, -0.15) is 4.98 Å². The minimum Gasteiger partial charge on any atom is -0.461 e. The van der Waals surface area contributed by atoms with Gasteiger partial charge < -0.3 is 14.0 Å². The molecule has 0 radical (unpaired) electrons. The fourth-order valence-electron chi connectivity index (χ4n) is 2.80. The van der Waals surface area contributed by atoms with Crippen molar-refractivity contribution in [1.29, 1.82) is 0 Å². The number of hydrogen-bond donors (Lipinski definition) is 1. The summed E-state index contributed by atoms with van der Waals surface area (Å²) in [5.41, 5.74) is 0. The first-order valence-corrected chi connectivity index (χ1v) is 7.01. The van der Waals surface area contributed by atoms with Crippen molar-refractivity contribution >= 4 is 0 Å². The van der Waals surface area contributed by atoms with Crippen molar-refractivity contribution in [3.63, 3.8) is 0 Å². The largest absolute Gasteiger partial charge is 0.461 e. The Morgan fingerprint density at radius 2 is 2.35 bits per heavy atom. The lowest BCUT2D eigenvalue weighted by atomic mass is 9.97. The van der Waals surface area contributed by atoms with Gasteiger partial charge in [0.1, 0.15) is 0 Å². The summed E-state index contributed by atoms with van der Waals surface area (Å²) in [4.78, 5) is 6.59. The van der Waals surface area contributed by atoms with Crippen LogP contribution in [0.1, 0.15) is 32.1 Å². The van der Waals surface area contributed by atoms with Crippen molar-refractivity contribution in [3.05, 3.63) is 24.3 Å². The SMILES string of the molecule is C[C@@H]1CCC[C@H](CO)N1Cc1nc(-c2ccco2)no1. The minimum absolute atomic E-state index is 0.170.